The number of hydrogen-bond acceptors (Lipinski definition) is 3. The number of aryl methyl sites for hydroxylation is 2. The van der Waals surface area contributed by atoms with Crippen molar-refractivity contribution in [3.8, 4) is 0 Å². The van der Waals surface area contributed by atoms with Crippen LogP contribution in [0.2, 0.25) is 0 Å². The number of anilines is 1. The van der Waals surface area contributed by atoms with Crippen LogP contribution in [0, 0.1) is 6.92 Å². The van der Waals surface area contributed by atoms with Gasteiger partial charge >= 0.3 is 0 Å². The van der Waals surface area contributed by atoms with Crippen LogP contribution < -0.4 is 10.6 Å². The van der Waals surface area contributed by atoms with Crippen molar-refractivity contribution >= 4 is 5.82 Å². The van der Waals surface area contributed by atoms with Crippen molar-refractivity contribution in [2.75, 3.05) is 18.4 Å². The molecular weight excluding hydrogens is 164 g/mol. The molecule has 0 aromatic carbocycles. The van der Waals surface area contributed by atoms with Crippen LogP contribution in [0.4, 0.5) is 5.82 Å². The third-order valence-corrected chi connectivity index (χ3v) is 2.34. The van der Waals surface area contributed by atoms with E-state index in [-0.39, 0.29) is 0 Å². The van der Waals surface area contributed by atoms with Gasteiger partial charge in [0.2, 0.25) is 0 Å². The summed E-state index contributed by atoms with van der Waals surface area (Å²) in [6.07, 6.45) is 0. The van der Waals surface area contributed by atoms with Gasteiger partial charge in [-0.15, -0.1) is 0 Å². The zero-order chi connectivity index (χ0) is 9.26. The summed E-state index contributed by atoms with van der Waals surface area (Å²) in [6, 6.07) is 2.68. The van der Waals surface area contributed by atoms with Crippen LogP contribution in [0.1, 0.15) is 12.6 Å². The fraction of sp³-hybridized carbons (Fsp3) is 0.667. The summed E-state index contributed by atoms with van der Waals surface area (Å²) in [6.45, 7) is 7.19. The van der Waals surface area contributed by atoms with Crippen molar-refractivity contribution in [3.05, 3.63) is 11.8 Å². The fourth-order valence-electron chi connectivity index (χ4n) is 1.50. The minimum atomic E-state index is 0.585. The molecular formula is C9H16N4. The van der Waals surface area contributed by atoms with Gasteiger partial charge in [0.25, 0.3) is 0 Å². The predicted octanol–water partition coefficient (Wildman–Crippen LogP) is 0.595. The van der Waals surface area contributed by atoms with Gasteiger partial charge < -0.3 is 10.6 Å². The number of rotatable bonds is 3. The molecule has 0 amide bonds. The van der Waals surface area contributed by atoms with E-state index in [1.807, 2.05) is 11.6 Å². The lowest BCUT2D eigenvalue weighted by molar-refractivity contribution is 0.467. The molecule has 0 spiro atoms. The maximum Gasteiger partial charge on any atom is 0.124 e. The van der Waals surface area contributed by atoms with E-state index in [9.17, 15) is 0 Å². The van der Waals surface area contributed by atoms with Crippen molar-refractivity contribution in [2.24, 2.45) is 0 Å². The lowest BCUT2D eigenvalue weighted by Crippen LogP contribution is -2.51. The first-order chi connectivity index (χ1) is 6.29. The first kappa shape index (κ1) is 8.56. The number of aromatic nitrogens is 2. The summed E-state index contributed by atoms with van der Waals surface area (Å²) in [5.41, 5.74) is 1.08. The third-order valence-electron chi connectivity index (χ3n) is 2.34. The van der Waals surface area contributed by atoms with Crippen molar-refractivity contribution in [3.63, 3.8) is 0 Å². The molecule has 1 aliphatic heterocycles. The molecule has 72 valence electrons. The maximum atomic E-state index is 4.37. The van der Waals surface area contributed by atoms with Crippen molar-refractivity contribution < 1.29 is 0 Å². The molecule has 1 aromatic heterocycles. The quantitative estimate of drug-likeness (QED) is 0.715. The molecule has 0 aliphatic carbocycles. The predicted molar refractivity (Wildman–Crippen MR) is 52.9 cm³/mol. The Labute approximate surface area is 78.3 Å². The van der Waals surface area contributed by atoms with E-state index in [2.05, 4.69) is 28.7 Å². The van der Waals surface area contributed by atoms with Gasteiger partial charge in [0.05, 0.1) is 11.7 Å². The third kappa shape index (κ3) is 1.67. The van der Waals surface area contributed by atoms with Crippen LogP contribution in [-0.4, -0.2) is 28.9 Å². The van der Waals surface area contributed by atoms with Crippen LogP contribution in [0.15, 0.2) is 6.07 Å². The second-order valence-electron chi connectivity index (χ2n) is 3.49. The highest BCUT2D eigenvalue weighted by Crippen LogP contribution is 2.12. The van der Waals surface area contributed by atoms with Crippen LogP contribution in [0.5, 0.6) is 0 Å². The van der Waals surface area contributed by atoms with Gasteiger partial charge in [-0.25, -0.2) is 4.68 Å². The summed E-state index contributed by atoms with van der Waals surface area (Å²) in [7, 11) is 0. The summed E-state index contributed by atoms with van der Waals surface area (Å²) < 4.78 is 2.01. The van der Waals surface area contributed by atoms with Crippen LogP contribution >= 0.6 is 0 Å². The van der Waals surface area contributed by atoms with Crippen molar-refractivity contribution in [1.82, 2.24) is 15.1 Å². The Kier molecular flexibility index (Phi) is 2.22. The maximum absolute atomic E-state index is 4.37. The molecule has 13 heavy (non-hydrogen) atoms. The Bertz CT molecular complexity index is 288. The molecule has 4 nitrogen and oxygen atoms in total. The molecule has 0 atom stereocenters. The smallest absolute Gasteiger partial charge is 0.124 e. The largest absolute Gasteiger partial charge is 0.365 e. The summed E-state index contributed by atoms with van der Waals surface area (Å²) in [5, 5.41) is 11.1. The lowest BCUT2D eigenvalue weighted by Gasteiger charge is -2.28. The van der Waals surface area contributed by atoms with Crippen molar-refractivity contribution in [2.45, 2.75) is 26.4 Å². The monoisotopic (exact) mass is 180 g/mol. The van der Waals surface area contributed by atoms with Gasteiger partial charge in [-0.05, 0) is 13.8 Å². The minimum Gasteiger partial charge on any atom is -0.365 e. The molecule has 4 heteroatoms. The summed E-state index contributed by atoms with van der Waals surface area (Å²) in [5.74, 6) is 1.14. The second-order valence-corrected chi connectivity index (χ2v) is 3.49. The standard InChI is InChI=1S/C9H16N4/c1-3-13-9(4-7(2)12-13)11-8-5-10-6-8/h4,8,10-11H,3,5-6H2,1-2H3. The summed E-state index contributed by atoms with van der Waals surface area (Å²) >= 11 is 0. The topological polar surface area (TPSA) is 41.9 Å². The zero-order valence-electron chi connectivity index (χ0n) is 8.17. The molecule has 2 heterocycles. The van der Waals surface area contributed by atoms with E-state index < -0.39 is 0 Å². The average molecular weight is 180 g/mol. The average Bonchev–Trinajstić information content (AvgIpc) is 2.38. The Morgan fingerprint density at radius 1 is 1.69 bits per heavy atom. The fourth-order valence-corrected chi connectivity index (χ4v) is 1.50. The molecule has 0 saturated carbocycles. The molecule has 1 saturated heterocycles. The highest BCUT2D eigenvalue weighted by Gasteiger charge is 2.17. The molecule has 0 unspecified atom stereocenters. The Morgan fingerprint density at radius 2 is 2.46 bits per heavy atom. The molecule has 0 bridgehead atoms. The number of nitrogens with zero attached hydrogens (tertiary/aromatic N) is 2. The van der Waals surface area contributed by atoms with Crippen LogP contribution in [0.3, 0.4) is 0 Å². The minimum absolute atomic E-state index is 0.585. The number of nitrogens with one attached hydrogen (secondary N) is 2. The van der Waals surface area contributed by atoms with Gasteiger partial charge in [-0.3, -0.25) is 0 Å². The van der Waals surface area contributed by atoms with Crippen LogP contribution in [0.25, 0.3) is 0 Å². The molecule has 2 N–H and O–H groups in total. The van der Waals surface area contributed by atoms with Crippen LogP contribution in [-0.2, 0) is 6.54 Å². The Balaban J connectivity index is 2.08. The molecule has 0 radical (unpaired) electrons. The number of hydrogen-bond donors (Lipinski definition) is 2. The molecule has 2 rings (SSSR count). The second kappa shape index (κ2) is 3.38. The highest BCUT2D eigenvalue weighted by molar-refractivity contribution is 5.38. The van der Waals surface area contributed by atoms with Gasteiger partial charge in [0, 0.05) is 25.7 Å². The van der Waals surface area contributed by atoms with Crippen molar-refractivity contribution in [1.29, 1.82) is 0 Å². The zero-order valence-corrected chi connectivity index (χ0v) is 8.17. The van der Waals surface area contributed by atoms with E-state index in [1.54, 1.807) is 0 Å². The molecule has 1 aliphatic rings. The van der Waals surface area contributed by atoms with E-state index in [4.69, 9.17) is 0 Å². The first-order valence-electron chi connectivity index (χ1n) is 4.81. The molecule has 1 fully saturated rings. The highest BCUT2D eigenvalue weighted by atomic mass is 15.3. The SMILES string of the molecule is CCn1nc(C)cc1NC1CNC1. The normalized spacial score (nSPS) is 17.1. The van der Waals surface area contributed by atoms with Gasteiger partial charge in [-0.1, -0.05) is 0 Å². The van der Waals surface area contributed by atoms with Gasteiger partial charge in [0.15, 0.2) is 0 Å². The van der Waals surface area contributed by atoms with Gasteiger partial charge in [-0.2, -0.15) is 5.10 Å². The van der Waals surface area contributed by atoms with E-state index in [0.717, 1.165) is 31.1 Å². The Morgan fingerprint density at radius 3 is 3.00 bits per heavy atom. The summed E-state index contributed by atoms with van der Waals surface area (Å²) in [4.78, 5) is 0. The van der Waals surface area contributed by atoms with E-state index in [0.29, 0.717) is 6.04 Å². The lowest BCUT2D eigenvalue weighted by atomic mass is 10.2. The van der Waals surface area contributed by atoms with E-state index in [1.165, 1.54) is 0 Å². The Hall–Kier alpha value is -1.03. The van der Waals surface area contributed by atoms with E-state index >= 15 is 0 Å². The molecule has 1 aromatic rings. The van der Waals surface area contributed by atoms with Gasteiger partial charge in [0.1, 0.15) is 5.82 Å². The first-order valence-corrected chi connectivity index (χ1v) is 4.81.